The van der Waals surface area contributed by atoms with Crippen LogP contribution in [-0.4, -0.2) is 49.5 Å². The molecule has 0 unspecified atom stereocenters. The number of hydrogen-bond acceptors (Lipinski definition) is 4. The Kier molecular flexibility index (Phi) is 7.75. The van der Waals surface area contributed by atoms with Crippen LogP contribution in [0, 0.1) is 6.92 Å². The van der Waals surface area contributed by atoms with Crippen molar-refractivity contribution in [3.05, 3.63) is 65.7 Å². The predicted octanol–water partition coefficient (Wildman–Crippen LogP) is 2.88. The molecule has 0 amide bonds. The monoisotopic (exact) mass is 329 g/mol. The van der Waals surface area contributed by atoms with Crippen LogP contribution < -0.4 is 4.74 Å². The Morgan fingerprint density at radius 1 is 1.04 bits per heavy atom. The van der Waals surface area contributed by atoms with Crippen LogP contribution in [0.3, 0.4) is 0 Å². The smallest absolute Gasteiger partial charge is 0.119 e. The third-order valence-corrected chi connectivity index (χ3v) is 3.79. The van der Waals surface area contributed by atoms with Crippen LogP contribution in [0.5, 0.6) is 5.75 Å². The molecule has 2 aromatic carbocycles. The lowest BCUT2D eigenvalue weighted by Crippen LogP contribution is -2.37. The summed E-state index contributed by atoms with van der Waals surface area (Å²) in [6.45, 7) is 5.10. The lowest BCUT2D eigenvalue weighted by Gasteiger charge is -2.25. The second-order valence-corrected chi connectivity index (χ2v) is 5.99. The van der Waals surface area contributed by atoms with Gasteiger partial charge in [0.05, 0.1) is 6.61 Å². The zero-order chi connectivity index (χ0) is 17.2. The van der Waals surface area contributed by atoms with E-state index in [0.29, 0.717) is 13.2 Å². The maximum atomic E-state index is 10.3. The van der Waals surface area contributed by atoms with Gasteiger partial charge in [-0.3, -0.25) is 4.90 Å². The summed E-state index contributed by atoms with van der Waals surface area (Å²) in [4.78, 5) is 2.19. The van der Waals surface area contributed by atoms with Crippen LogP contribution in [0.1, 0.15) is 11.1 Å². The first kappa shape index (κ1) is 18.5. The highest BCUT2D eigenvalue weighted by molar-refractivity contribution is 5.21. The molecule has 0 aliphatic heterocycles. The van der Waals surface area contributed by atoms with E-state index in [1.54, 1.807) is 7.11 Å². The van der Waals surface area contributed by atoms with E-state index in [1.165, 1.54) is 11.1 Å². The second kappa shape index (κ2) is 10.1. The lowest BCUT2D eigenvalue weighted by atomic mass is 10.1. The fourth-order valence-electron chi connectivity index (χ4n) is 2.47. The SMILES string of the molecule is COCCN(Cc1ccc(C)cc1)C[C@@H](O)COc1ccccc1. The summed E-state index contributed by atoms with van der Waals surface area (Å²) in [5, 5.41) is 10.3. The van der Waals surface area contributed by atoms with Crippen molar-refractivity contribution in [2.75, 3.05) is 33.4 Å². The van der Waals surface area contributed by atoms with E-state index in [9.17, 15) is 5.11 Å². The molecule has 4 heteroatoms. The summed E-state index contributed by atoms with van der Waals surface area (Å²) in [5.41, 5.74) is 2.48. The van der Waals surface area contributed by atoms with Crippen molar-refractivity contribution in [2.45, 2.75) is 19.6 Å². The first-order chi connectivity index (χ1) is 11.7. The molecule has 0 fully saturated rings. The van der Waals surface area contributed by atoms with Crippen molar-refractivity contribution in [2.24, 2.45) is 0 Å². The maximum Gasteiger partial charge on any atom is 0.119 e. The summed E-state index contributed by atoms with van der Waals surface area (Å²) in [6, 6.07) is 18.0. The van der Waals surface area contributed by atoms with Gasteiger partial charge < -0.3 is 14.6 Å². The number of nitrogens with zero attached hydrogens (tertiary/aromatic N) is 1. The summed E-state index contributed by atoms with van der Waals surface area (Å²) in [7, 11) is 1.69. The average molecular weight is 329 g/mol. The number of methoxy groups -OCH3 is 1. The Morgan fingerprint density at radius 2 is 1.75 bits per heavy atom. The van der Waals surface area contributed by atoms with Gasteiger partial charge in [-0.1, -0.05) is 48.0 Å². The average Bonchev–Trinajstić information content (AvgIpc) is 2.61. The molecule has 0 aliphatic carbocycles. The predicted molar refractivity (Wildman–Crippen MR) is 96.3 cm³/mol. The standard InChI is InChI=1S/C20H27NO3/c1-17-8-10-18(11-9-17)14-21(12-13-23-2)15-19(22)16-24-20-6-4-3-5-7-20/h3-11,19,22H,12-16H2,1-2H3/t19-/m1/s1. The van der Waals surface area contributed by atoms with E-state index < -0.39 is 6.10 Å². The minimum Gasteiger partial charge on any atom is -0.491 e. The van der Waals surface area contributed by atoms with Crippen LogP contribution in [0.4, 0.5) is 0 Å². The molecule has 0 radical (unpaired) electrons. The number of para-hydroxylation sites is 1. The molecule has 0 aliphatic rings. The van der Waals surface area contributed by atoms with Gasteiger partial charge in [-0.2, -0.15) is 0 Å². The van der Waals surface area contributed by atoms with Crippen molar-refractivity contribution < 1.29 is 14.6 Å². The summed E-state index contributed by atoms with van der Waals surface area (Å²) in [5.74, 6) is 0.776. The molecule has 0 spiro atoms. The van der Waals surface area contributed by atoms with Gasteiger partial charge in [0.25, 0.3) is 0 Å². The number of rotatable bonds is 10. The van der Waals surface area contributed by atoms with Gasteiger partial charge >= 0.3 is 0 Å². The Morgan fingerprint density at radius 3 is 2.42 bits per heavy atom. The number of aryl methyl sites for hydroxylation is 1. The van der Waals surface area contributed by atoms with Crippen LogP contribution in [0.2, 0.25) is 0 Å². The van der Waals surface area contributed by atoms with Gasteiger partial charge in [0, 0.05) is 26.7 Å². The van der Waals surface area contributed by atoms with Crippen molar-refractivity contribution >= 4 is 0 Å². The van der Waals surface area contributed by atoms with Crippen molar-refractivity contribution in [1.82, 2.24) is 4.90 Å². The number of hydrogen-bond donors (Lipinski definition) is 1. The number of aliphatic hydroxyl groups is 1. The largest absolute Gasteiger partial charge is 0.491 e. The molecule has 0 heterocycles. The highest BCUT2D eigenvalue weighted by Crippen LogP contribution is 2.10. The summed E-state index contributed by atoms with van der Waals surface area (Å²) >= 11 is 0. The van der Waals surface area contributed by atoms with E-state index in [1.807, 2.05) is 30.3 Å². The van der Waals surface area contributed by atoms with E-state index in [2.05, 4.69) is 36.1 Å². The molecule has 130 valence electrons. The van der Waals surface area contributed by atoms with Gasteiger partial charge in [-0.25, -0.2) is 0 Å². The fourth-order valence-corrected chi connectivity index (χ4v) is 2.47. The topological polar surface area (TPSA) is 41.9 Å². The fraction of sp³-hybridized carbons (Fsp3) is 0.400. The molecule has 0 bridgehead atoms. The molecular formula is C20H27NO3. The Bertz CT molecular complexity index is 571. The normalized spacial score (nSPS) is 12.3. The zero-order valence-corrected chi connectivity index (χ0v) is 14.5. The first-order valence-electron chi connectivity index (χ1n) is 8.30. The molecular weight excluding hydrogens is 302 g/mol. The van der Waals surface area contributed by atoms with Crippen LogP contribution in [0.25, 0.3) is 0 Å². The van der Waals surface area contributed by atoms with E-state index >= 15 is 0 Å². The summed E-state index contributed by atoms with van der Waals surface area (Å²) in [6.07, 6.45) is -0.549. The molecule has 4 nitrogen and oxygen atoms in total. The molecule has 24 heavy (non-hydrogen) atoms. The number of ether oxygens (including phenoxy) is 2. The van der Waals surface area contributed by atoms with Crippen LogP contribution in [-0.2, 0) is 11.3 Å². The van der Waals surface area contributed by atoms with Gasteiger partial charge in [0.15, 0.2) is 0 Å². The molecule has 2 aromatic rings. The highest BCUT2D eigenvalue weighted by Gasteiger charge is 2.13. The van der Waals surface area contributed by atoms with Gasteiger partial charge in [-0.05, 0) is 24.6 Å². The maximum absolute atomic E-state index is 10.3. The van der Waals surface area contributed by atoms with Gasteiger partial charge in [0.1, 0.15) is 18.5 Å². The Balaban J connectivity index is 1.85. The van der Waals surface area contributed by atoms with E-state index in [-0.39, 0.29) is 6.61 Å². The first-order valence-corrected chi connectivity index (χ1v) is 8.30. The molecule has 1 N–H and O–H groups in total. The number of benzene rings is 2. The molecule has 0 aromatic heterocycles. The third kappa shape index (κ3) is 6.71. The van der Waals surface area contributed by atoms with Gasteiger partial charge in [-0.15, -0.1) is 0 Å². The van der Waals surface area contributed by atoms with Crippen LogP contribution in [0.15, 0.2) is 54.6 Å². The second-order valence-electron chi connectivity index (χ2n) is 5.99. The summed E-state index contributed by atoms with van der Waals surface area (Å²) < 4.78 is 10.8. The molecule has 0 saturated heterocycles. The van der Waals surface area contributed by atoms with Crippen molar-refractivity contribution in [3.8, 4) is 5.75 Å². The lowest BCUT2D eigenvalue weighted by molar-refractivity contribution is 0.0542. The molecule has 0 saturated carbocycles. The zero-order valence-electron chi connectivity index (χ0n) is 14.5. The molecule has 1 atom stereocenters. The van der Waals surface area contributed by atoms with Crippen LogP contribution >= 0.6 is 0 Å². The van der Waals surface area contributed by atoms with Crippen molar-refractivity contribution in [3.63, 3.8) is 0 Å². The van der Waals surface area contributed by atoms with E-state index in [0.717, 1.165) is 18.8 Å². The number of aliphatic hydroxyl groups excluding tert-OH is 1. The minimum atomic E-state index is -0.549. The van der Waals surface area contributed by atoms with E-state index in [4.69, 9.17) is 9.47 Å². The Hall–Kier alpha value is -1.88. The third-order valence-electron chi connectivity index (χ3n) is 3.79. The van der Waals surface area contributed by atoms with Gasteiger partial charge in [0.2, 0.25) is 0 Å². The minimum absolute atomic E-state index is 0.279. The Labute approximate surface area is 144 Å². The quantitative estimate of drug-likeness (QED) is 0.728. The van der Waals surface area contributed by atoms with Crippen molar-refractivity contribution in [1.29, 1.82) is 0 Å². The highest BCUT2D eigenvalue weighted by atomic mass is 16.5. The molecule has 2 rings (SSSR count).